The van der Waals surface area contributed by atoms with Crippen molar-refractivity contribution in [1.82, 2.24) is 29.3 Å². The second-order valence-corrected chi connectivity index (χ2v) is 12.9. The second-order valence-electron chi connectivity index (χ2n) is 12.0. The molecule has 1 aliphatic rings. The highest BCUT2D eigenvalue weighted by atomic mass is 32.1. The summed E-state index contributed by atoms with van der Waals surface area (Å²) in [6.45, 7) is 6.19. The Hall–Kier alpha value is -5.02. The number of nitrogens with zero attached hydrogens (tertiary/aromatic N) is 5. The maximum Gasteiger partial charge on any atom is 0.434 e. The van der Waals surface area contributed by atoms with Gasteiger partial charge in [-0.3, -0.25) is 15.0 Å². The number of urea groups is 1. The summed E-state index contributed by atoms with van der Waals surface area (Å²) in [6.07, 6.45) is 2.09. The number of likely N-dealkylation sites (tertiary alicyclic amines) is 1. The van der Waals surface area contributed by atoms with Gasteiger partial charge in [-0.2, -0.15) is 13.2 Å². The van der Waals surface area contributed by atoms with Crippen molar-refractivity contribution in [2.75, 3.05) is 31.6 Å². The molecule has 0 bridgehead atoms. The smallest absolute Gasteiger partial charge is 0.434 e. The molecule has 5 heterocycles. The number of ether oxygens (including phenoxy) is 1. The van der Waals surface area contributed by atoms with Crippen molar-refractivity contribution in [1.29, 1.82) is 0 Å². The van der Waals surface area contributed by atoms with Gasteiger partial charge in [-0.25, -0.2) is 19.6 Å². The summed E-state index contributed by atoms with van der Waals surface area (Å²) in [5, 5.41) is 6.40. The number of rotatable bonds is 9. The van der Waals surface area contributed by atoms with Crippen LogP contribution in [0.15, 0.2) is 65.2 Å². The van der Waals surface area contributed by atoms with Crippen LogP contribution in [0, 0.1) is 0 Å². The summed E-state index contributed by atoms with van der Waals surface area (Å²) in [7, 11) is 2.01. The van der Waals surface area contributed by atoms with Gasteiger partial charge in [-0.1, -0.05) is 6.07 Å². The zero-order chi connectivity index (χ0) is 35.6. The van der Waals surface area contributed by atoms with Gasteiger partial charge in [-0.05, 0) is 69.1 Å². The molecule has 0 radical (unpaired) electrons. The lowest BCUT2D eigenvalue weighted by Crippen LogP contribution is -2.37. The zero-order valence-corrected chi connectivity index (χ0v) is 28.5. The number of anilines is 1. The van der Waals surface area contributed by atoms with E-state index in [1.165, 1.54) is 18.0 Å². The molecule has 0 aliphatic carbocycles. The van der Waals surface area contributed by atoms with Gasteiger partial charge in [0.15, 0.2) is 5.69 Å². The number of fused-ring (bicyclic) bond motifs is 1. The van der Waals surface area contributed by atoms with Crippen LogP contribution in [-0.2, 0) is 24.5 Å². The van der Waals surface area contributed by atoms with Crippen molar-refractivity contribution in [3.05, 3.63) is 87.5 Å². The molecule has 15 heteroatoms. The maximum atomic E-state index is 13.9. The van der Waals surface area contributed by atoms with Crippen molar-refractivity contribution in [3.8, 4) is 21.7 Å². The third-order valence-electron chi connectivity index (χ3n) is 8.66. The number of hydrogen-bond acceptors (Lipinski definition) is 8. The number of carbonyl (C=O) groups excluding carboxylic acids is 2. The fraction of sp³-hybridized carbons (Fsp3) is 0.343. The first-order valence-electron chi connectivity index (χ1n) is 16.2. The van der Waals surface area contributed by atoms with Crippen LogP contribution in [0.2, 0.25) is 0 Å². The number of benzene rings is 1. The normalized spacial score (nSPS) is 15.3. The standard InChI is InChI=1S/C35H36F3N7O4S/c1-4-39-34(48)42-30-15-24(32-41-29(20-50-32)35(36,37)38)26(16-40-30)21-10-11-28-25(14-21)31(46)27(33(47)49-5-2)19-45(28)23-9-7-13-44(18-23)17-22-8-6-12-43(22)3/h6,8,10-12,14-16,19-20,23H,4-5,7,9,13,17-18H2,1-3H3,(H2,39,40,42,48). The van der Waals surface area contributed by atoms with E-state index in [9.17, 15) is 27.6 Å². The van der Waals surface area contributed by atoms with Crippen LogP contribution >= 0.6 is 11.3 Å². The number of nitrogens with one attached hydrogen (secondary N) is 2. The highest BCUT2D eigenvalue weighted by Gasteiger charge is 2.34. The molecule has 2 N–H and O–H groups in total. The molecule has 1 fully saturated rings. The number of aromatic nitrogens is 4. The van der Waals surface area contributed by atoms with Crippen molar-refractivity contribution >= 4 is 40.1 Å². The van der Waals surface area contributed by atoms with E-state index in [1.54, 1.807) is 38.2 Å². The van der Waals surface area contributed by atoms with E-state index in [2.05, 4.69) is 36.1 Å². The van der Waals surface area contributed by atoms with Gasteiger partial charge >= 0.3 is 18.2 Å². The van der Waals surface area contributed by atoms with Gasteiger partial charge in [-0.15, -0.1) is 11.3 Å². The molecule has 50 heavy (non-hydrogen) atoms. The molecule has 1 atom stereocenters. The Bertz CT molecular complexity index is 2110. The molecular formula is C35H36F3N7O4S. The molecule has 2 amide bonds. The molecule has 262 valence electrons. The average molecular weight is 708 g/mol. The topological polar surface area (TPSA) is 123 Å². The van der Waals surface area contributed by atoms with Gasteiger partial charge in [0.25, 0.3) is 0 Å². The van der Waals surface area contributed by atoms with Crippen molar-refractivity contribution in [2.45, 2.75) is 45.5 Å². The SMILES string of the molecule is CCNC(=O)Nc1cc(-c2nc(C(F)(F)F)cs2)c(-c2ccc3c(c2)c(=O)c(C(=O)OCC)cn3C2CCCN(Cc3cccn3C)C2)cn1. The largest absolute Gasteiger partial charge is 0.462 e. The number of piperidine rings is 1. The zero-order valence-electron chi connectivity index (χ0n) is 27.7. The fourth-order valence-corrected chi connectivity index (χ4v) is 7.11. The minimum absolute atomic E-state index is 0.0481. The van der Waals surface area contributed by atoms with Crippen molar-refractivity contribution in [3.63, 3.8) is 0 Å². The highest BCUT2D eigenvalue weighted by molar-refractivity contribution is 7.13. The number of esters is 1. The van der Waals surface area contributed by atoms with Crippen LogP contribution in [0.4, 0.5) is 23.8 Å². The Morgan fingerprint density at radius 1 is 1.14 bits per heavy atom. The third-order valence-corrected chi connectivity index (χ3v) is 9.53. The molecule has 1 saturated heterocycles. The molecule has 1 aromatic carbocycles. The van der Waals surface area contributed by atoms with Gasteiger partial charge in [0.05, 0.1) is 12.1 Å². The molecule has 5 aromatic rings. The van der Waals surface area contributed by atoms with Gasteiger partial charge in [0, 0.05) is 78.9 Å². The quantitative estimate of drug-likeness (QED) is 0.164. The molecule has 4 aromatic heterocycles. The first-order valence-corrected chi connectivity index (χ1v) is 17.1. The Balaban J connectivity index is 1.46. The predicted molar refractivity (Wildman–Crippen MR) is 185 cm³/mol. The predicted octanol–water partition coefficient (Wildman–Crippen LogP) is 6.70. The van der Waals surface area contributed by atoms with E-state index in [-0.39, 0.29) is 40.0 Å². The first kappa shape index (κ1) is 34.8. The first-order chi connectivity index (χ1) is 24.0. The summed E-state index contributed by atoms with van der Waals surface area (Å²) in [4.78, 5) is 49.8. The Morgan fingerprint density at radius 3 is 2.66 bits per heavy atom. The monoisotopic (exact) mass is 707 g/mol. The van der Waals surface area contributed by atoms with Crippen molar-refractivity contribution in [2.24, 2.45) is 7.05 Å². The van der Waals surface area contributed by atoms with Crippen LogP contribution in [0.5, 0.6) is 0 Å². The lowest BCUT2D eigenvalue weighted by Gasteiger charge is -2.35. The van der Waals surface area contributed by atoms with Crippen LogP contribution in [0.3, 0.4) is 0 Å². The number of pyridine rings is 2. The van der Waals surface area contributed by atoms with E-state index in [4.69, 9.17) is 4.74 Å². The molecule has 0 spiro atoms. The summed E-state index contributed by atoms with van der Waals surface area (Å²) in [5.74, 6) is -0.635. The lowest BCUT2D eigenvalue weighted by molar-refractivity contribution is -0.140. The minimum Gasteiger partial charge on any atom is -0.462 e. The third kappa shape index (κ3) is 7.28. The van der Waals surface area contributed by atoms with Gasteiger partial charge in [0.1, 0.15) is 16.4 Å². The highest BCUT2D eigenvalue weighted by Crippen LogP contribution is 2.39. The van der Waals surface area contributed by atoms with E-state index in [0.717, 1.165) is 42.6 Å². The molecule has 0 saturated carbocycles. The Kier molecular flexibility index (Phi) is 10.1. The summed E-state index contributed by atoms with van der Waals surface area (Å²) in [5.41, 5.74) is 1.23. The summed E-state index contributed by atoms with van der Waals surface area (Å²) >= 11 is 0.798. The van der Waals surface area contributed by atoms with E-state index < -0.39 is 29.3 Å². The molecule has 1 aliphatic heterocycles. The number of thiazole rings is 1. The summed E-state index contributed by atoms with van der Waals surface area (Å²) in [6, 6.07) is 10.1. The van der Waals surface area contributed by atoms with Crippen LogP contribution in [0.25, 0.3) is 32.6 Å². The maximum absolute atomic E-state index is 13.9. The fourth-order valence-electron chi connectivity index (χ4n) is 6.25. The van der Waals surface area contributed by atoms with E-state index in [1.807, 2.05) is 23.9 Å². The van der Waals surface area contributed by atoms with Crippen molar-refractivity contribution < 1.29 is 27.5 Å². The van der Waals surface area contributed by atoms with Crippen LogP contribution in [-0.4, -0.2) is 62.2 Å². The molecule has 11 nitrogen and oxygen atoms in total. The van der Waals surface area contributed by atoms with Crippen LogP contribution in [0.1, 0.15) is 54.5 Å². The number of halogens is 3. The summed E-state index contributed by atoms with van der Waals surface area (Å²) < 4.78 is 50.0. The number of hydrogen-bond donors (Lipinski definition) is 2. The van der Waals surface area contributed by atoms with Gasteiger partial charge in [0.2, 0.25) is 5.43 Å². The molecule has 1 unspecified atom stereocenters. The Morgan fingerprint density at radius 2 is 1.96 bits per heavy atom. The Labute approximate surface area is 289 Å². The number of carbonyl (C=O) groups is 2. The average Bonchev–Trinajstić information content (AvgIpc) is 3.75. The van der Waals surface area contributed by atoms with Crippen LogP contribution < -0.4 is 16.1 Å². The van der Waals surface area contributed by atoms with Gasteiger partial charge < -0.3 is 19.2 Å². The number of alkyl halides is 3. The van der Waals surface area contributed by atoms with E-state index >= 15 is 0 Å². The number of amides is 2. The molecular weight excluding hydrogens is 671 g/mol. The van der Waals surface area contributed by atoms with E-state index in [0.29, 0.717) is 29.7 Å². The number of aryl methyl sites for hydroxylation is 1. The minimum atomic E-state index is -4.66. The second kappa shape index (κ2) is 14.5. The molecule has 6 rings (SSSR count). The lowest BCUT2D eigenvalue weighted by atomic mass is 9.98.